The zero-order chi connectivity index (χ0) is 11.8. The molecule has 0 aromatic heterocycles. The zero-order valence-electron chi connectivity index (χ0n) is 9.50. The van der Waals surface area contributed by atoms with Crippen LogP contribution in [0.2, 0.25) is 0 Å². The van der Waals surface area contributed by atoms with Crippen molar-refractivity contribution in [3.8, 4) is 0 Å². The van der Waals surface area contributed by atoms with Crippen molar-refractivity contribution >= 4 is 21.6 Å². The molecule has 1 aromatic carbocycles. The predicted molar refractivity (Wildman–Crippen MR) is 71.4 cm³/mol. The van der Waals surface area contributed by atoms with E-state index >= 15 is 0 Å². The average Bonchev–Trinajstić information content (AvgIpc) is 2.92. The summed E-state index contributed by atoms with van der Waals surface area (Å²) in [6.45, 7) is 0.938. The van der Waals surface area contributed by atoms with E-state index in [1.807, 2.05) is 0 Å². The SMILES string of the molecule is Fc1ccc(Br)c(NCC2CC3C=CC2C3)c1. The lowest BCUT2D eigenvalue weighted by atomic mass is 9.93. The molecule has 2 aliphatic carbocycles. The van der Waals surface area contributed by atoms with Gasteiger partial charge in [0.05, 0.1) is 5.69 Å². The second-order valence-corrected chi connectivity index (χ2v) is 5.90. The van der Waals surface area contributed by atoms with Crippen molar-refractivity contribution in [3.05, 3.63) is 40.6 Å². The van der Waals surface area contributed by atoms with Gasteiger partial charge in [0.15, 0.2) is 0 Å². The lowest BCUT2D eigenvalue weighted by Crippen LogP contribution is -2.18. The van der Waals surface area contributed by atoms with Crippen LogP contribution < -0.4 is 5.32 Å². The van der Waals surface area contributed by atoms with E-state index < -0.39 is 0 Å². The molecule has 0 radical (unpaired) electrons. The van der Waals surface area contributed by atoms with Crippen LogP contribution in [0.1, 0.15) is 12.8 Å². The molecule has 0 saturated heterocycles. The molecule has 1 saturated carbocycles. The molecule has 0 amide bonds. The highest BCUT2D eigenvalue weighted by atomic mass is 79.9. The van der Waals surface area contributed by atoms with Gasteiger partial charge in [-0.05, 0) is 64.7 Å². The van der Waals surface area contributed by atoms with Crippen LogP contribution in [0.4, 0.5) is 10.1 Å². The monoisotopic (exact) mass is 295 g/mol. The maximum atomic E-state index is 13.1. The summed E-state index contributed by atoms with van der Waals surface area (Å²) in [6, 6.07) is 4.76. The van der Waals surface area contributed by atoms with E-state index in [4.69, 9.17) is 0 Å². The van der Waals surface area contributed by atoms with Crippen LogP contribution in [0.3, 0.4) is 0 Å². The summed E-state index contributed by atoms with van der Waals surface area (Å²) in [6.07, 6.45) is 7.29. The summed E-state index contributed by atoms with van der Waals surface area (Å²) in [4.78, 5) is 0. The van der Waals surface area contributed by atoms with E-state index in [1.165, 1.54) is 18.9 Å². The highest BCUT2D eigenvalue weighted by Gasteiger charge is 2.35. The van der Waals surface area contributed by atoms with E-state index in [-0.39, 0.29) is 5.82 Å². The highest BCUT2D eigenvalue weighted by Crippen LogP contribution is 2.43. The molecule has 0 heterocycles. The fourth-order valence-electron chi connectivity index (χ4n) is 3.00. The topological polar surface area (TPSA) is 12.0 Å². The fraction of sp³-hybridized carbons (Fsp3) is 0.429. The van der Waals surface area contributed by atoms with Gasteiger partial charge < -0.3 is 5.32 Å². The Balaban J connectivity index is 1.64. The number of hydrogen-bond donors (Lipinski definition) is 1. The third kappa shape index (κ3) is 2.25. The van der Waals surface area contributed by atoms with Gasteiger partial charge in [0.1, 0.15) is 5.82 Å². The first-order chi connectivity index (χ1) is 8.22. The number of benzene rings is 1. The zero-order valence-corrected chi connectivity index (χ0v) is 11.1. The Bertz CT molecular complexity index is 458. The van der Waals surface area contributed by atoms with Crippen molar-refractivity contribution in [2.24, 2.45) is 17.8 Å². The third-order valence-corrected chi connectivity index (χ3v) is 4.59. The van der Waals surface area contributed by atoms with Crippen molar-refractivity contribution < 1.29 is 4.39 Å². The second kappa shape index (κ2) is 4.45. The average molecular weight is 296 g/mol. The van der Waals surface area contributed by atoms with Gasteiger partial charge in [-0.2, -0.15) is 0 Å². The van der Waals surface area contributed by atoms with Crippen LogP contribution in [0.15, 0.2) is 34.8 Å². The Hall–Kier alpha value is -0.830. The number of hydrogen-bond acceptors (Lipinski definition) is 1. The van der Waals surface area contributed by atoms with E-state index in [9.17, 15) is 4.39 Å². The summed E-state index contributed by atoms with van der Waals surface area (Å²) in [7, 11) is 0. The number of allylic oxidation sites excluding steroid dienone is 2. The number of halogens is 2. The Morgan fingerprint density at radius 2 is 2.18 bits per heavy atom. The van der Waals surface area contributed by atoms with Gasteiger partial charge in [-0.3, -0.25) is 0 Å². The molecule has 3 heteroatoms. The lowest BCUT2D eigenvalue weighted by molar-refractivity contribution is 0.471. The van der Waals surface area contributed by atoms with Crippen LogP contribution in [0, 0.1) is 23.6 Å². The molecule has 1 fully saturated rings. The van der Waals surface area contributed by atoms with E-state index in [1.54, 1.807) is 12.1 Å². The van der Waals surface area contributed by atoms with Crippen molar-refractivity contribution in [1.29, 1.82) is 0 Å². The molecule has 1 nitrogen and oxygen atoms in total. The maximum Gasteiger partial charge on any atom is 0.125 e. The quantitative estimate of drug-likeness (QED) is 0.824. The second-order valence-electron chi connectivity index (χ2n) is 5.05. The summed E-state index contributed by atoms with van der Waals surface area (Å²) < 4.78 is 14.1. The molecule has 90 valence electrons. The van der Waals surface area contributed by atoms with Crippen molar-refractivity contribution in [1.82, 2.24) is 0 Å². The molecule has 1 aromatic rings. The van der Waals surface area contributed by atoms with Crippen LogP contribution in [0.5, 0.6) is 0 Å². The largest absolute Gasteiger partial charge is 0.384 e. The number of rotatable bonds is 3. The molecule has 2 bridgehead atoms. The maximum absolute atomic E-state index is 13.1. The summed E-state index contributed by atoms with van der Waals surface area (Å²) in [5.74, 6) is 2.05. The molecule has 3 atom stereocenters. The Kier molecular flexibility index (Phi) is 2.95. The fourth-order valence-corrected chi connectivity index (χ4v) is 3.39. The molecular formula is C14H15BrFN. The normalized spacial score (nSPS) is 29.9. The molecule has 0 aliphatic heterocycles. The first-order valence-electron chi connectivity index (χ1n) is 6.09. The molecule has 1 N–H and O–H groups in total. The molecule has 2 aliphatic rings. The molecule has 3 unspecified atom stereocenters. The predicted octanol–water partition coefficient (Wildman–Crippen LogP) is 4.21. The van der Waals surface area contributed by atoms with E-state index in [0.717, 1.165) is 28.5 Å². The molecule has 3 rings (SSSR count). The van der Waals surface area contributed by atoms with E-state index in [0.29, 0.717) is 5.92 Å². The van der Waals surface area contributed by atoms with E-state index in [2.05, 4.69) is 33.4 Å². The lowest BCUT2D eigenvalue weighted by Gasteiger charge is -2.19. The Morgan fingerprint density at radius 1 is 1.29 bits per heavy atom. The third-order valence-electron chi connectivity index (χ3n) is 3.90. The number of anilines is 1. The van der Waals surface area contributed by atoms with Gasteiger partial charge in [-0.1, -0.05) is 12.2 Å². The first-order valence-corrected chi connectivity index (χ1v) is 6.89. The van der Waals surface area contributed by atoms with Crippen molar-refractivity contribution in [2.45, 2.75) is 12.8 Å². The van der Waals surface area contributed by atoms with Gasteiger partial charge in [0.25, 0.3) is 0 Å². The Labute approximate surface area is 109 Å². The van der Waals surface area contributed by atoms with Gasteiger partial charge in [-0.25, -0.2) is 4.39 Å². The van der Waals surface area contributed by atoms with Crippen LogP contribution in [-0.2, 0) is 0 Å². The standard InChI is InChI=1S/C14H15BrFN/c15-13-4-3-12(16)7-14(13)17-8-11-6-9-1-2-10(11)5-9/h1-4,7,9-11,17H,5-6,8H2. The van der Waals surface area contributed by atoms with Crippen LogP contribution >= 0.6 is 15.9 Å². The summed E-state index contributed by atoms with van der Waals surface area (Å²) in [5, 5.41) is 3.36. The number of fused-ring (bicyclic) bond motifs is 2. The van der Waals surface area contributed by atoms with Gasteiger partial charge in [0, 0.05) is 11.0 Å². The molecule has 17 heavy (non-hydrogen) atoms. The van der Waals surface area contributed by atoms with Gasteiger partial charge in [0.2, 0.25) is 0 Å². The minimum absolute atomic E-state index is 0.191. The summed E-state index contributed by atoms with van der Waals surface area (Å²) in [5.41, 5.74) is 0.858. The van der Waals surface area contributed by atoms with Crippen molar-refractivity contribution in [3.63, 3.8) is 0 Å². The Morgan fingerprint density at radius 3 is 2.88 bits per heavy atom. The van der Waals surface area contributed by atoms with Gasteiger partial charge >= 0.3 is 0 Å². The minimum atomic E-state index is -0.191. The highest BCUT2D eigenvalue weighted by molar-refractivity contribution is 9.10. The molecule has 0 spiro atoms. The van der Waals surface area contributed by atoms with Crippen LogP contribution in [0.25, 0.3) is 0 Å². The smallest absolute Gasteiger partial charge is 0.125 e. The summed E-state index contributed by atoms with van der Waals surface area (Å²) >= 11 is 3.44. The van der Waals surface area contributed by atoms with Crippen molar-refractivity contribution in [2.75, 3.05) is 11.9 Å². The number of nitrogens with one attached hydrogen (secondary N) is 1. The van der Waals surface area contributed by atoms with Crippen LogP contribution in [-0.4, -0.2) is 6.54 Å². The molecular weight excluding hydrogens is 281 g/mol. The van der Waals surface area contributed by atoms with Gasteiger partial charge in [-0.15, -0.1) is 0 Å². The first kappa shape index (κ1) is 11.3. The minimum Gasteiger partial charge on any atom is -0.384 e.